The Morgan fingerprint density at radius 3 is 2.83 bits per heavy atom. The lowest BCUT2D eigenvalue weighted by Crippen LogP contribution is -2.44. The maximum Gasteiger partial charge on any atom is 0.303 e. The zero-order valence-corrected chi connectivity index (χ0v) is 16.1. The van der Waals surface area contributed by atoms with Crippen molar-refractivity contribution in [3.63, 3.8) is 0 Å². The van der Waals surface area contributed by atoms with Crippen molar-refractivity contribution < 1.29 is 28.6 Å². The number of rotatable bonds is 7. The number of nitrogens with one attached hydrogen (secondary N) is 1. The van der Waals surface area contributed by atoms with Gasteiger partial charge < -0.3 is 14.3 Å². The third-order valence-electron chi connectivity index (χ3n) is 4.40. The number of aryl methyl sites for hydroxylation is 2. The predicted octanol–water partition coefficient (Wildman–Crippen LogP) is 1.87. The molecule has 9 heteroatoms. The summed E-state index contributed by atoms with van der Waals surface area (Å²) < 4.78 is 10.9. The molecular weight excluding hydrogens is 378 g/mol. The number of benzene rings is 1. The molecule has 0 saturated carbocycles. The highest BCUT2D eigenvalue weighted by atomic mass is 16.5. The van der Waals surface area contributed by atoms with Crippen molar-refractivity contribution in [2.24, 2.45) is 5.10 Å². The minimum Gasteiger partial charge on any atom is -0.482 e. The second-order valence-corrected chi connectivity index (χ2v) is 6.54. The number of para-hydroxylation sites is 2. The Morgan fingerprint density at radius 2 is 2.07 bits per heavy atom. The summed E-state index contributed by atoms with van der Waals surface area (Å²) in [6.07, 6.45) is 0.239. The van der Waals surface area contributed by atoms with Gasteiger partial charge in [-0.25, -0.2) is 5.43 Å². The van der Waals surface area contributed by atoms with E-state index in [9.17, 15) is 14.4 Å². The molecule has 1 aromatic heterocycles. The topological polar surface area (TPSA) is 121 Å². The van der Waals surface area contributed by atoms with Gasteiger partial charge in [0.2, 0.25) is 0 Å². The Hall–Kier alpha value is -3.62. The number of anilines is 1. The van der Waals surface area contributed by atoms with Crippen LogP contribution in [0.25, 0.3) is 0 Å². The molecule has 152 valence electrons. The molecule has 0 spiro atoms. The number of furan rings is 1. The van der Waals surface area contributed by atoms with E-state index in [2.05, 4.69) is 10.5 Å². The summed E-state index contributed by atoms with van der Waals surface area (Å²) in [6.45, 7) is 3.13. The smallest absolute Gasteiger partial charge is 0.303 e. The second kappa shape index (κ2) is 8.59. The number of carbonyl (C=O) groups is 3. The van der Waals surface area contributed by atoms with Gasteiger partial charge in [-0.1, -0.05) is 12.1 Å². The van der Waals surface area contributed by atoms with Gasteiger partial charge in [-0.3, -0.25) is 19.3 Å². The van der Waals surface area contributed by atoms with E-state index in [1.54, 1.807) is 44.2 Å². The summed E-state index contributed by atoms with van der Waals surface area (Å²) in [7, 11) is 0. The van der Waals surface area contributed by atoms with Crippen LogP contribution in [0.1, 0.15) is 30.4 Å². The van der Waals surface area contributed by atoms with Gasteiger partial charge in [0.15, 0.2) is 6.61 Å². The van der Waals surface area contributed by atoms with Crippen molar-refractivity contribution in [2.75, 3.05) is 18.1 Å². The summed E-state index contributed by atoms with van der Waals surface area (Å²) in [5, 5.41) is 12.9. The average molecular weight is 399 g/mol. The molecule has 2 aromatic rings. The number of carbonyl (C=O) groups excluding carboxylic acids is 2. The second-order valence-electron chi connectivity index (χ2n) is 6.54. The van der Waals surface area contributed by atoms with Gasteiger partial charge in [0.05, 0.1) is 17.8 Å². The van der Waals surface area contributed by atoms with Crippen LogP contribution in [-0.4, -0.2) is 41.8 Å². The molecule has 1 aliphatic rings. The van der Waals surface area contributed by atoms with Gasteiger partial charge in [0.1, 0.15) is 23.8 Å². The first kappa shape index (κ1) is 20.1. The first-order valence-corrected chi connectivity index (χ1v) is 9.02. The van der Waals surface area contributed by atoms with Gasteiger partial charge >= 0.3 is 5.97 Å². The minimum absolute atomic E-state index is 0.0334. The molecule has 0 saturated heterocycles. The van der Waals surface area contributed by atoms with Gasteiger partial charge in [-0.05, 0) is 32.0 Å². The zero-order chi connectivity index (χ0) is 21.0. The van der Waals surface area contributed by atoms with Crippen LogP contribution in [-0.2, 0) is 20.8 Å². The van der Waals surface area contributed by atoms with E-state index in [4.69, 9.17) is 14.3 Å². The molecule has 1 aliphatic heterocycles. The standard InChI is InChI=1S/C20H21N3O6/c1-12(15-9-14(29-13(15)2)7-8-20(26)27)21-22-18(24)10-23-16-5-3-4-6-17(16)28-11-19(23)25/h3-6,9H,7-8,10-11H2,1-2H3,(H,22,24)(H,26,27)/b21-12-. The van der Waals surface area contributed by atoms with Crippen molar-refractivity contribution in [2.45, 2.75) is 26.7 Å². The molecule has 3 rings (SSSR count). The molecule has 0 radical (unpaired) electrons. The molecule has 29 heavy (non-hydrogen) atoms. The maximum atomic E-state index is 12.3. The SMILES string of the molecule is C/C(=N/NC(=O)CN1C(=O)COc2ccccc21)c1cc(CCC(=O)O)oc1C. The van der Waals surface area contributed by atoms with E-state index in [1.165, 1.54) is 4.90 Å². The number of carboxylic acid groups (broad SMARTS) is 1. The lowest BCUT2D eigenvalue weighted by Gasteiger charge is -2.28. The molecule has 9 nitrogen and oxygen atoms in total. The van der Waals surface area contributed by atoms with Crippen molar-refractivity contribution in [3.8, 4) is 5.75 Å². The number of fused-ring (bicyclic) bond motifs is 1. The van der Waals surface area contributed by atoms with Crippen LogP contribution in [0, 0.1) is 6.92 Å². The normalized spacial score (nSPS) is 13.7. The fourth-order valence-corrected chi connectivity index (χ4v) is 2.97. The largest absolute Gasteiger partial charge is 0.482 e. The number of hydrazone groups is 1. The molecule has 0 atom stereocenters. The van der Waals surface area contributed by atoms with Crippen LogP contribution in [0.3, 0.4) is 0 Å². The molecule has 2 amide bonds. The molecular formula is C20H21N3O6. The first-order chi connectivity index (χ1) is 13.8. The van der Waals surface area contributed by atoms with Gasteiger partial charge in [0, 0.05) is 12.0 Å². The third kappa shape index (κ3) is 4.81. The molecule has 0 unspecified atom stereocenters. The highest BCUT2D eigenvalue weighted by molar-refractivity contribution is 6.03. The maximum absolute atomic E-state index is 12.3. The highest BCUT2D eigenvalue weighted by Gasteiger charge is 2.26. The monoisotopic (exact) mass is 399 g/mol. The first-order valence-electron chi connectivity index (χ1n) is 9.02. The third-order valence-corrected chi connectivity index (χ3v) is 4.40. The minimum atomic E-state index is -0.905. The van der Waals surface area contributed by atoms with E-state index in [0.29, 0.717) is 34.2 Å². The molecule has 2 N–H and O–H groups in total. The Labute approximate surface area is 166 Å². The van der Waals surface area contributed by atoms with E-state index in [-0.39, 0.29) is 31.9 Å². The highest BCUT2D eigenvalue weighted by Crippen LogP contribution is 2.31. The van der Waals surface area contributed by atoms with E-state index >= 15 is 0 Å². The zero-order valence-electron chi connectivity index (χ0n) is 16.1. The average Bonchev–Trinajstić information content (AvgIpc) is 3.07. The number of amides is 2. The number of hydrogen-bond acceptors (Lipinski definition) is 6. The summed E-state index contributed by atoms with van der Waals surface area (Å²) in [5.74, 6) is -0.00981. The summed E-state index contributed by atoms with van der Waals surface area (Å²) in [5.41, 5.74) is 4.17. The predicted molar refractivity (Wildman–Crippen MR) is 104 cm³/mol. The molecule has 0 bridgehead atoms. The summed E-state index contributed by atoms with van der Waals surface area (Å²) >= 11 is 0. The van der Waals surface area contributed by atoms with Gasteiger partial charge in [-0.15, -0.1) is 0 Å². The van der Waals surface area contributed by atoms with Crippen LogP contribution in [0.2, 0.25) is 0 Å². The Bertz CT molecular complexity index is 978. The number of hydrogen-bond donors (Lipinski definition) is 2. The number of aliphatic carboxylic acids is 1. The Morgan fingerprint density at radius 1 is 1.31 bits per heavy atom. The molecule has 1 aromatic carbocycles. The number of ether oxygens (including phenoxy) is 1. The van der Waals surface area contributed by atoms with Crippen molar-refractivity contribution in [1.29, 1.82) is 0 Å². The fourth-order valence-electron chi connectivity index (χ4n) is 2.97. The van der Waals surface area contributed by atoms with Crippen LogP contribution in [0.5, 0.6) is 5.75 Å². The van der Waals surface area contributed by atoms with Crippen molar-refractivity contribution in [3.05, 3.63) is 47.4 Å². The fraction of sp³-hybridized carbons (Fsp3) is 0.300. The number of carboxylic acids is 1. The van der Waals surface area contributed by atoms with Crippen LogP contribution in [0.4, 0.5) is 5.69 Å². The van der Waals surface area contributed by atoms with Gasteiger partial charge in [0.25, 0.3) is 11.8 Å². The Balaban J connectivity index is 1.65. The van der Waals surface area contributed by atoms with E-state index < -0.39 is 11.9 Å². The lowest BCUT2D eigenvalue weighted by atomic mass is 10.1. The van der Waals surface area contributed by atoms with Crippen molar-refractivity contribution >= 4 is 29.2 Å². The van der Waals surface area contributed by atoms with E-state index in [0.717, 1.165) is 0 Å². The molecule has 0 aliphatic carbocycles. The number of nitrogens with zero attached hydrogens (tertiary/aromatic N) is 2. The van der Waals surface area contributed by atoms with Crippen LogP contribution in [0.15, 0.2) is 39.9 Å². The van der Waals surface area contributed by atoms with Crippen molar-refractivity contribution in [1.82, 2.24) is 5.43 Å². The quantitative estimate of drug-likeness (QED) is 0.541. The molecule has 2 heterocycles. The van der Waals surface area contributed by atoms with Crippen LogP contribution >= 0.6 is 0 Å². The van der Waals surface area contributed by atoms with E-state index in [1.807, 2.05) is 0 Å². The van der Waals surface area contributed by atoms with Gasteiger partial charge in [-0.2, -0.15) is 5.10 Å². The molecule has 0 fully saturated rings. The summed E-state index contributed by atoms with van der Waals surface area (Å²) in [4.78, 5) is 36.5. The Kier molecular flexibility index (Phi) is 5.96. The van der Waals surface area contributed by atoms with Crippen LogP contribution < -0.4 is 15.1 Å². The summed E-state index contributed by atoms with van der Waals surface area (Å²) in [6, 6.07) is 8.71. The lowest BCUT2D eigenvalue weighted by molar-refractivity contribution is -0.137.